The summed E-state index contributed by atoms with van der Waals surface area (Å²) in [4.78, 5) is 12.7. The van der Waals surface area contributed by atoms with Crippen molar-refractivity contribution in [3.05, 3.63) is 235 Å². The van der Waals surface area contributed by atoms with Crippen LogP contribution in [0.2, 0.25) is 0 Å². The average Bonchev–Trinajstić information content (AvgIpc) is 3.71. The molecule has 11 rings (SSSR count). The Morgan fingerprint density at radius 3 is 1.83 bits per heavy atom. The lowest BCUT2D eigenvalue weighted by molar-refractivity contribution is 0.662. The molecule has 0 saturated carbocycles. The molecule has 60 heavy (non-hydrogen) atoms. The molecule has 0 aliphatic carbocycles. The van der Waals surface area contributed by atoms with Crippen LogP contribution in [0.3, 0.4) is 0 Å². The van der Waals surface area contributed by atoms with E-state index < -0.39 is 6.17 Å². The standard InChI is InChI=1S/C55H38N4O/c1-4-16-37(17-5-1)42-24-14-25-45(34-42)59(49-28-15-23-39-18-10-11-26-46(39)49)44-32-30-38(31-33-44)43-35-48(52-47-27-12-13-29-50(47)60-51(52)36-43)55-57-53(40-19-6-2-7-20-40)56-54(58-55)41-21-8-3-9-22-41/h1-36,55H,(H,56,57,58). The van der Waals surface area contributed by atoms with Crippen LogP contribution >= 0.6 is 0 Å². The Kier molecular flexibility index (Phi) is 8.82. The minimum atomic E-state index is -0.436. The molecule has 1 N–H and O–H groups in total. The van der Waals surface area contributed by atoms with Crippen LogP contribution in [-0.4, -0.2) is 11.7 Å². The first-order valence-electron chi connectivity index (χ1n) is 20.3. The molecule has 1 aliphatic heterocycles. The van der Waals surface area contributed by atoms with E-state index in [0.717, 1.165) is 78.2 Å². The molecule has 0 amide bonds. The van der Waals surface area contributed by atoms with E-state index >= 15 is 0 Å². The fourth-order valence-corrected chi connectivity index (χ4v) is 8.43. The van der Waals surface area contributed by atoms with Gasteiger partial charge in [0.1, 0.15) is 23.2 Å². The highest BCUT2D eigenvalue weighted by molar-refractivity contribution is 6.14. The van der Waals surface area contributed by atoms with Crippen LogP contribution in [0.15, 0.2) is 233 Å². The molecule has 1 aliphatic rings. The van der Waals surface area contributed by atoms with Crippen LogP contribution in [0, 0.1) is 0 Å². The zero-order valence-corrected chi connectivity index (χ0v) is 32.6. The highest BCUT2D eigenvalue weighted by atomic mass is 16.3. The van der Waals surface area contributed by atoms with Crippen molar-refractivity contribution in [1.82, 2.24) is 5.32 Å². The van der Waals surface area contributed by atoms with E-state index in [2.05, 4.69) is 180 Å². The maximum absolute atomic E-state index is 6.62. The van der Waals surface area contributed by atoms with Gasteiger partial charge in [-0.3, -0.25) is 0 Å². The number of rotatable bonds is 8. The topological polar surface area (TPSA) is 53.1 Å². The number of amidine groups is 2. The van der Waals surface area contributed by atoms with Crippen LogP contribution < -0.4 is 10.2 Å². The van der Waals surface area contributed by atoms with Gasteiger partial charge in [-0.15, -0.1) is 0 Å². The Bertz CT molecular complexity index is 3220. The van der Waals surface area contributed by atoms with Crippen LogP contribution in [0.25, 0.3) is 55.0 Å². The number of furan rings is 1. The Labute approximate surface area is 348 Å². The van der Waals surface area contributed by atoms with Crippen molar-refractivity contribution in [3.63, 3.8) is 0 Å². The number of benzene rings is 9. The Morgan fingerprint density at radius 2 is 1.05 bits per heavy atom. The third-order valence-electron chi connectivity index (χ3n) is 11.3. The van der Waals surface area contributed by atoms with Gasteiger partial charge in [0.2, 0.25) is 0 Å². The summed E-state index contributed by atoms with van der Waals surface area (Å²) in [5.41, 5.74) is 12.3. The highest BCUT2D eigenvalue weighted by Gasteiger charge is 2.26. The van der Waals surface area contributed by atoms with Crippen LogP contribution in [0.5, 0.6) is 0 Å². The van der Waals surface area contributed by atoms with E-state index in [-0.39, 0.29) is 0 Å². The number of para-hydroxylation sites is 1. The van der Waals surface area contributed by atoms with Gasteiger partial charge in [0.15, 0.2) is 5.84 Å². The highest BCUT2D eigenvalue weighted by Crippen LogP contribution is 2.43. The lowest BCUT2D eigenvalue weighted by Gasteiger charge is -2.27. The molecule has 0 fully saturated rings. The lowest BCUT2D eigenvalue weighted by Crippen LogP contribution is -2.33. The van der Waals surface area contributed by atoms with Gasteiger partial charge < -0.3 is 14.6 Å². The van der Waals surface area contributed by atoms with Gasteiger partial charge in [-0.25, -0.2) is 9.98 Å². The van der Waals surface area contributed by atoms with E-state index in [1.807, 2.05) is 48.5 Å². The van der Waals surface area contributed by atoms with Gasteiger partial charge in [0, 0.05) is 44.2 Å². The summed E-state index contributed by atoms with van der Waals surface area (Å²) in [5.74, 6) is 1.45. The fraction of sp³-hybridized carbons (Fsp3) is 0.0182. The molecule has 1 aromatic heterocycles. The number of nitrogens with zero attached hydrogens (tertiary/aromatic N) is 3. The summed E-state index contributed by atoms with van der Waals surface area (Å²) in [5, 5.41) is 8.18. The molecule has 10 aromatic rings. The number of aliphatic imine (C=N–C) groups is 2. The van der Waals surface area contributed by atoms with Crippen molar-refractivity contribution >= 4 is 61.4 Å². The molecule has 5 heteroatoms. The Balaban J connectivity index is 1.05. The Morgan fingerprint density at radius 1 is 0.433 bits per heavy atom. The number of hydrogen-bond acceptors (Lipinski definition) is 5. The third kappa shape index (κ3) is 6.48. The van der Waals surface area contributed by atoms with Crippen molar-refractivity contribution in [2.45, 2.75) is 6.17 Å². The molecule has 9 aromatic carbocycles. The van der Waals surface area contributed by atoms with E-state index in [1.54, 1.807) is 0 Å². The summed E-state index contributed by atoms with van der Waals surface area (Å²) in [7, 11) is 0. The molecular weight excluding hydrogens is 733 g/mol. The van der Waals surface area contributed by atoms with Gasteiger partial charge in [-0.2, -0.15) is 0 Å². The number of fused-ring (bicyclic) bond motifs is 4. The normalized spacial score (nSPS) is 13.8. The van der Waals surface area contributed by atoms with E-state index in [4.69, 9.17) is 14.4 Å². The van der Waals surface area contributed by atoms with Gasteiger partial charge in [0.05, 0.1) is 5.69 Å². The first-order chi connectivity index (χ1) is 29.7. The molecule has 0 saturated heterocycles. The van der Waals surface area contributed by atoms with Crippen LogP contribution in [0.1, 0.15) is 22.9 Å². The number of hydrogen-bond donors (Lipinski definition) is 1. The van der Waals surface area contributed by atoms with Crippen molar-refractivity contribution < 1.29 is 4.42 Å². The maximum Gasteiger partial charge on any atom is 0.159 e. The third-order valence-corrected chi connectivity index (χ3v) is 11.3. The second-order valence-corrected chi connectivity index (χ2v) is 15.0. The molecule has 284 valence electrons. The molecule has 0 bridgehead atoms. The van der Waals surface area contributed by atoms with Crippen molar-refractivity contribution in [1.29, 1.82) is 0 Å². The quantitative estimate of drug-likeness (QED) is 0.167. The van der Waals surface area contributed by atoms with Gasteiger partial charge in [-0.05, 0) is 76.2 Å². The summed E-state index contributed by atoms with van der Waals surface area (Å²) in [6, 6.07) is 76.5. The average molecular weight is 771 g/mol. The van der Waals surface area contributed by atoms with E-state index in [1.165, 1.54) is 16.3 Å². The van der Waals surface area contributed by atoms with Gasteiger partial charge in [0.25, 0.3) is 0 Å². The summed E-state index contributed by atoms with van der Waals surface area (Å²) in [6.45, 7) is 0. The van der Waals surface area contributed by atoms with Crippen LogP contribution in [0.4, 0.5) is 17.1 Å². The fourth-order valence-electron chi connectivity index (χ4n) is 8.43. The molecule has 0 spiro atoms. The van der Waals surface area contributed by atoms with Crippen LogP contribution in [-0.2, 0) is 0 Å². The smallest absolute Gasteiger partial charge is 0.159 e. The van der Waals surface area contributed by atoms with Crippen molar-refractivity contribution in [3.8, 4) is 22.3 Å². The van der Waals surface area contributed by atoms with Gasteiger partial charge >= 0.3 is 0 Å². The van der Waals surface area contributed by atoms with Gasteiger partial charge in [-0.1, -0.05) is 170 Å². The molecule has 1 unspecified atom stereocenters. The molecule has 5 nitrogen and oxygen atoms in total. The van der Waals surface area contributed by atoms with E-state index in [9.17, 15) is 0 Å². The maximum atomic E-state index is 6.62. The molecule has 1 atom stereocenters. The Hall–Kier alpha value is -8.02. The SMILES string of the molecule is c1ccc(C2=NC(c3cc(-c4ccc(N(c5cccc(-c6ccccc6)c5)c5cccc6ccccc56)cc4)cc4oc5ccccc5c34)NC(c3ccccc3)=N2)cc1. The van der Waals surface area contributed by atoms with Crippen molar-refractivity contribution in [2.75, 3.05) is 4.90 Å². The second kappa shape index (κ2) is 15.1. The summed E-state index contributed by atoms with van der Waals surface area (Å²) >= 11 is 0. The van der Waals surface area contributed by atoms with E-state index in [0.29, 0.717) is 5.84 Å². The zero-order chi connectivity index (χ0) is 39.8. The molecule has 2 heterocycles. The number of anilines is 3. The predicted molar refractivity (Wildman–Crippen MR) is 249 cm³/mol. The lowest BCUT2D eigenvalue weighted by atomic mass is 9.96. The molecule has 0 radical (unpaired) electrons. The first kappa shape index (κ1) is 35.2. The minimum Gasteiger partial charge on any atom is -0.456 e. The monoisotopic (exact) mass is 770 g/mol. The number of nitrogens with one attached hydrogen (secondary N) is 1. The first-order valence-corrected chi connectivity index (χ1v) is 20.3. The largest absolute Gasteiger partial charge is 0.456 e. The second-order valence-electron chi connectivity index (χ2n) is 15.0. The molecular formula is C55H38N4O. The predicted octanol–water partition coefficient (Wildman–Crippen LogP) is 14.0. The summed E-state index contributed by atoms with van der Waals surface area (Å²) in [6.07, 6.45) is -0.436. The zero-order valence-electron chi connectivity index (χ0n) is 32.6. The van der Waals surface area contributed by atoms with Crippen molar-refractivity contribution in [2.24, 2.45) is 9.98 Å². The summed E-state index contributed by atoms with van der Waals surface area (Å²) < 4.78 is 6.62. The minimum absolute atomic E-state index is 0.436.